The molecule has 0 aliphatic carbocycles. The number of carbonyl (C=O) groups excluding carboxylic acids is 2. The van der Waals surface area contributed by atoms with Crippen LogP contribution < -0.4 is 10.1 Å². The molecule has 9 nitrogen and oxygen atoms in total. The van der Waals surface area contributed by atoms with Crippen LogP contribution in [0, 0.1) is 5.41 Å². The normalized spacial score (nSPS) is 22.1. The van der Waals surface area contributed by atoms with E-state index in [1.807, 2.05) is 17.0 Å². The minimum atomic E-state index is -0.347. The minimum absolute atomic E-state index is 0.147. The molecule has 0 atom stereocenters. The summed E-state index contributed by atoms with van der Waals surface area (Å²) in [6, 6.07) is 8.20. The van der Waals surface area contributed by atoms with Gasteiger partial charge in [-0.1, -0.05) is 24.6 Å². The molecular formula is C27H37N5O4. The molecule has 2 fully saturated rings. The number of hydrogen-bond acceptors (Lipinski definition) is 7. The lowest BCUT2D eigenvalue weighted by atomic mass is 9.73. The Balaban J connectivity index is 1.12. The van der Waals surface area contributed by atoms with Crippen LogP contribution in [0.1, 0.15) is 62.3 Å². The van der Waals surface area contributed by atoms with Gasteiger partial charge in [0.1, 0.15) is 12.4 Å². The van der Waals surface area contributed by atoms with Crippen molar-refractivity contribution in [3.05, 3.63) is 42.1 Å². The molecule has 36 heavy (non-hydrogen) atoms. The predicted octanol–water partition coefficient (Wildman–Crippen LogP) is 2.78. The van der Waals surface area contributed by atoms with E-state index in [4.69, 9.17) is 9.15 Å². The Labute approximate surface area is 212 Å². The molecular weight excluding hydrogens is 458 g/mol. The van der Waals surface area contributed by atoms with Gasteiger partial charge in [0.05, 0.1) is 18.5 Å². The maximum absolute atomic E-state index is 13.3. The smallest absolute Gasteiger partial charge is 0.236 e. The van der Waals surface area contributed by atoms with Crippen LogP contribution in [0.25, 0.3) is 0 Å². The lowest BCUT2D eigenvalue weighted by Gasteiger charge is -2.41. The first-order valence-electron chi connectivity index (χ1n) is 13.4. The molecule has 1 N–H and O–H groups in total. The number of piperidine rings is 2. The number of fused-ring (bicyclic) bond motifs is 1. The maximum Gasteiger partial charge on any atom is 0.236 e. The second-order valence-corrected chi connectivity index (χ2v) is 10.4. The lowest BCUT2D eigenvalue weighted by molar-refractivity contribution is -0.137. The van der Waals surface area contributed by atoms with Gasteiger partial charge in [-0.15, -0.1) is 10.2 Å². The van der Waals surface area contributed by atoms with E-state index in [2.05, 4.69) is 32.5 Å². The number of nitrogens with zero attached hydrogens (tertiary/aromatic N) is 4. The highest BCUT2D eigenvalue weighted by atomic mass is 16.5. The molecule has 2 saturated heterocycles. The fourth-order valence-corrected chi connectivity index (χ4v) is 5.90. The first kappa shape index (κ1) is 24.7. The van der Waals surface area contributed by atoms with Crippen LogP contribution in [0.4, 0.5) is 0 Å². The molecule has 1 aromatic carbocycles. The van der Waals surface area contributed by atoms with Crippen molar-refractivity contribution < 1.29 is 18.7 Å². The van der Waals surface area contributed by atoms with Gasteiger partial charge in [0.15, 0.2) is 0 Å². The number of ether oxygens (including phenoxy) is 1. The number of amides is 2. The van der Waals surface area contributed by atoms with Gasteiger partial charge >= 0.3 is 0 Å². The number of rotatable bonds is 3. The summed E-state index contributed by atoms with van der Waals surface area (Å²) in [4.78, 5) is 30.4. The van der Waals surface area contributed by atoms with Gasteiger partial charge in [-0.25, -0.2) is 0 Å². The molecule has 0 bridgehead atoms. The van der Waals surface area contributed by atoms with Crippen molar-refractivity contribution in [2.45, 2.75) is 57.3 Å². The Morgan fingerprint density at radius 2 is 1.89 bits per heavy atom. The van der Waals surface area contributed by atoms with E-state index >= 15 is 0 Å². The monoisotopic (exact) mass is 495 g/mol. The summed E-state index contributed by atoms with van der Waals surface area (Å²) in [5, 5.41) is 10.9. The van der Waals surface area contributed by atoms with Crippen molar-refractivity contribution in [2.75, 3.05) is 45.9 Å². The molecule has 194 valence electrons. The van der Waals surface area contributed by atoms with Crippen molar-refractivity contribution in [3.8, 4) is 5.75 Å². The van der Waals surface area contributed by atoms with Crippen molar-refractivity contribution in [1.29, 1.82) is 0 Å². The molecule has 3 aliphatic rings. The Bertz CT molecular complexity index is 1010. The second-order valence-electron chi connectivity index (χ2n) is 10.4. The van der Waals surface area contributed by atoms with Crippen LogP contribution in [0.2, 0.25) is 0 Å². The minimum Gasteiger partial charge on any atom is -0.491 e. The van der Waals surface area contributed by atoms with E-state index in [-0.39, 0.29) is 23.1 Å². The number of aryl methyl sites for hydroxylation is 1. The van der Waals surface area contributed by atoms with Gasteiger partial charge in [0.25, 0.3) is 0 Å². The summed E-state index contributed by atoms with van der Waals surface area (Å²) in [5.74, 6) is 2.17. The summed E-state index contributed by atoms with van der Waals surface area (Å²) < 4.78 is 11.3. The molecule has 3 aliphatic heterocycles. The summed E-state index contributed by atoms with van der Waals surface area (Å²) >= 11 is 0. The third-order valence-electron chi connectivity index (χ3n) is 8.20. The first-order chi connectivity index (χ1) is 17.6. The Morgan fingerprint density at radius 3 is 2.67 bits per heavy atom. The van der Waals surface area contributed by atoms with E-state index in [9.17, 15) is 9.59 Å². The van der Waals surface area contributed by atoms with Crippen LogP contribution in [0.3, 0.4) is 0 Å². The standard InChI is InChI=1S/C27H37N5O4/c33-24(32-14-8-22(9-15-32)25-30-29-20-36-25)19-31-16-11-27(12-17-31)10-4-3-6-21-5-1-2-7-23(21)35-18-13-28-26(27)34/h1-2,5,7,20,22H,3-4,6,8-19H2,(H,28,34). The molecule has 9 heteroatoms. The zero-order chi connectivity index (χ0) is 24.8. The van der Waals surface area contributed by atoms with E-state index in [1.165, 1.54) is 12.0 Å². The summed E-state index contributed by atoms with van der Waals surface area (Å²) in [5.41, 5.74) is 0.897. The molecule has 4 heterocycles. The fraction of sp³-hybridized carbons (Fsp3) is 0.630. The number of benzene rings is 1. The van der Waals surface area contributed by atoms with E-state index in [0.29, 0.717) is 25.6 Å². The molecule has 1 spiro atoms. The first-order valence-corrected chi connectivity index (χ1v) is 13.4. The Hall–Kier alpha value is -2.94. The summed E-state index contributed by atoms with van der Waals surface area (Å²) in [6.07, 6.45) is 8.57. The van der Waals surface area contributed by atoms with Crippen LogP contribution in [-0.4, -0.2) is 77.7 Å². The highest BCUT2D eigenvalue weighted by Crippen LogP contribution is 2.38. The number of likely N-dealkylation sites (tertiary alicyclic amines) is 2. The summed E-state index contributed by atoms with van der Waals surface area (Å²) in [6.45, 7) is 4.40. The Kier molecular flexibility index (Phi) is 7.84. The van der Waals surface area contributed by atoms with Gasteiger partial charge < -0.3 is 19.4 Å². The van der Waals surface area contributed by atoms with Gasteiger partial charge in [0.2, 0.25) is 24.1 Å². The molecule has 0 unspecified atom stereocenters. The predicted molar refractivity (Wildman–Crippen MR) is 133 cm³/mol. The highest BCUT2D eigenvalue weighted by Gasteiger charge is 2.41. The van der Waals surface area contributed by atoms with Crippen LogP contribution >= 0.6 is 0 Å². The molecule has 1 aromatic heterocycles. The third kappa shape index (κ3) is 5.72. The molecule has 5 rings (SSSR count). The summed E-state index contributed by atoms with van der Waals surface area (Å²) in [7, 11) is 0. The Morgan fingerprint density at radius 1 is 1.08 bits per heavy atom. The average Bonchev–Trinajstić information content (AvgIpc) is 3.45. The van der Waals surface area contributed by atoms with Crippen molar-refractivity contribution >= 4 is 11.8 Å². The zero-order valence-electron chi connectivity index (χ0n) is 21.0. The van der Waals surface area contributed by atoms with Crippen LogP contribution in [0.15, 0.2) is 35.1 Å². The van der Waals surface area contributed by atoms with Crippen molar-refractivity contribution in [3.63, 3.8) is 0 Å². The van der Waals surface area contributed by atoms with Gasteiger partial charge in [-0.2, -0.15) is 0 Å². The molecule has 0 radical (unpaired) electrons. The third-order valence-corrected chi connectivity index (χ3v) is 8.20. The molecule has 2 amide bonds. The van der Waals surface area contributed by atoms with Crippen molar-refractivity contribution in [1.82, 2.24) is 25.3 Å². The molecule has 2 aromatic rings. The average molecular weight is 496 g/mol. The van der Waals surface area contributed by atoms with Crippen molar-refractivity contribution in [2.24, 2.45) is 5.41 Å². The number of hydrogen-bond donors (Lipinski definition) is 1. The quantitative estimate of drug-likeness (QED) is 0.699. The SMILES string of the molecule is O=C(CN1CCC2(CCCCc3ccccc3OCCNC2=O)CC1)N1CCC(c2nnco2)CC1. The zero-order valence-corrected chi connectivity index (χ0v) is 21.0. The van der Waals surface area contributed by atoms with E-state index < -0.39 is 0 Å². The van der Waals surface area contributed by atoms with E-state index in [0.717, 1.165) is 83.3 Å². The molecule has 0 saturated carbocycles. The largest absolute Gasteiger partial charge is 0.491 e. The fourth-order valence-electron chi connectivity index (χ4n) is 5.90. The number of carbonyl (C=O) groups is 2. The van der Waals surface area contributed by atoms with Gasteiger partial charge in [-0.3, -0.25) is 14.5 Å². The number of aromatic nitrogens is 2. The van der Waals surface area contributed by atoms with E-state index in [1.54, 1.807) is 0 Å². The second kappa shape index (κ2) is 11.4. The topological polar surface area (TPSA) is 101 Å². The highest BCUT2D eigenvalue weighted by molar-refractivity contribution is 5.83. The van der Waals surface area contributed by atoms with Crippen LogP contribution in [0.5, 0.6) is 5.75 Å². The van der Waals surface area contributed by atoms with Gasteiger partial charge in [-0.05, 0) is 69.7 Å². The lowest BCUT2D eigenvalue weighted by Crippen LogP contribution is -2.52. The number of nitrogens with one attached hydrogen (secondary N) is 1. The van der Waals surface area contributed by atoms with Gasteiger partial charge in [0, 0.05) is 19.0 Å². The van der Waals surface area contributed by atoms with Crippen LogP contribution in [-0.2, 0) is 16.0 Å². The number of para-hydroxylation sites is 1. The maximum atomic E-state index is 13.3.